The van der Waals surface area contributed by atoms with Crippen LogP contribution in [0, 0.1) is 5.92 Å². The number of nitrogens with zero attached hydrogens (tertiary/aromatic N) is 1. The first kappa shape index (κ1) is 15.6. The number of hydrogen-bond donors (Lipinski definition) is 1. The van der Waals surface area contributed by atoms with Crippen LogP contribution in [0.3, 0.4) is 0 Å². The molecule has 124 valence electrons. The summed E-state index contributed by atoms with van der Waals surface area (Å²) >= 11 is 0. The van der Waals surface area contributed by atoms with Gasteiger partial charge in [0, 0.05) is 18.5 Å². The Labute approximate surface area is 135 Å². The van der Waals surface area contributed by atoms with Gasteiger partial charge in [-0.3, -0.25) is 9.59 Å². The van der Waals surface area contributed by atoms with Crippen LogP contribution in [0.2, 0.25) is 0 Å². The lowest BCUT2D eigenvalue weighted by atomic mass is 9.83. The van der Waals surface area contributed by atoms with Crippen LogP contribution in [0.4, 0.5) is 0 Å². The van der Waals surface area contributed by atoms with E-state index in [0.717, 1.165) is 18.4 Å². The van der Waals surface area contributed by atoms with Gasteiger partial charge in [0.25, 0.3) is 0 Å². The van der Waals surface area contributed by atoms with Crippen LogP contribution in [0.25, 0.3) is 0 Å². The minimum atomic E-state index is -0.875. The molecule has 1 amide bonds. The third-order valence-corrected chi connectivity index (χ3v) is 4.52. The molecule has 0 aromatic heterocycles. The summed E-state index contributed by atoms with van der Waals surface area (Å²) in [4.78, 5) is 25.9. The number of ether oxygens (including phenoxy) is 2. The number of carbonyl (C=O) groups excluding carboxylic acids is 1. The van der Waals surface area contributed by atoms with Crippen molar-refractivity contribution in [3.63, 3.8) is 0 Å². The minimum absolute atomic E-state index is 0.0115. The number of para-hydroxylation sites is 1. The average Bonchev–Trinajstić information content (AvgIpc) is 3.01. The smallest absolute Gasteiger partial charge is 0.308 e. The van der Waals surface area contributed by atoms with Crippen molar-refractivity contribution in [2.24, 2.45) is 5.92 Å². The first-order valence-electron chi connectivity index (χ1n) is 8.04. The van der Waals surface area contributed by atoms with E-state index in [1.54, 1.807) is 11.0 Å². The molecular formula is C17H21NO5. The number of likely N-dealkylation sites (tertiary alicyclic amines) is 1. The molecule has 0 spiro atoms. The Morgan fingerprint density at radius 2 is 2.22 bits per heavy atom. The average molecular weight is 319 g/mol. The Kier molecular flexibility index (Phi) is 4.41. The predicted octanol–water partition coefficient (Wildman–Crippen LogP) is 2.58. The molecule has 6 heteroatoms. The second-order valence-corrected chi connectivity index (χ2v) is 5.95. The van der Waals surface area contributed by atoms with Gasteiger partial charge in [-0.1, -0.05) is 25.5 Å². The van der Waals surface area contributed by atoms with Crippen molar-refractivity contribution < 1.29 is 24.2 Å². The molecule has 2 heterocycles. The summed E-state index contributed by atoms with van der Waals surface area (Å²) in [5.41, 5.74) is 0.733. The number of aliphatic carboxylic acids is 1. The van der Waals surface area contributed by atoms with Crippen molar-refractivity contribution >= 4 is 11.9 Å². The van der Waals surface area contributed by atoms with E-state index >= 15 is 0 Å². The molecule has 2 atom stereocenters. The fourth-order valence-electron chi connectivity index (χ4n) is 3.37. The number of piperidine rings is 1. The first-order chi connectivity index (χ1) is 11.1. The van der Waals surface area contributed by atoms with Crippen molar-refractivity contribution in [3.8, 4) is 11.5 Å². The summed E-state index contributed by atoms with van der Waals surface area (Å²) in [6.45, 7) is 2.74. The molecule has 1 N–H and O–H groups in total. The monoisotopic (exact) mass is 319 g/mol. The number of unbranched alkanes of at least 4 members (excludes halogenated alkanes) is 1. The maximum absolute atomic E-state index is 12.4. The second-order valence-electron chi connectivity index (χ2n) is 5.95. The van der Waals surface area contributed by atoms with Gasteiger partial charge in [0.05, 0.1) is 12.0 Å². The van der Waals surface area contributed by atoms with Crippen molar-refractivity contribution in [1.82, 2.24) is 4.90 Å². The molecule has 0 unspecified atom stereocenters. The van der Waals surface area contributed by atoms with Crippen molar-refractivity contribution in [1.29, 1.82) is 0 Å². The lowest BCUT2D eigenvalue weighted by Crippen LogP contribution is -2.45. The van der Waals surface area contributed by atoms with Crippen molar-refractivity contribution in [3.05, 3.63) is 23.8 Å². The highest BCUT2D eigenvalue weighted by Gasteiger charge is 2.42. The highest BCUT2D eigenvalue weighted by atomic mass is 16.7. The summed E-state index contributed by atoms with van der Waals surface area (Å²) in [5.74, 6) is -0.307. The van der Waals surface area contributed by atoms with Gasteiger partial charge in [0.15, 0.2) is 11.5 Å². The van der Waals surface area contributed by atoms with Gasteiger partial charge in [-0.2, -0.15) is 0 Å². The molecule has 23 heavy (non-hydrogen) atoms. The van der Waals surface area contributed by atoms with Gasteiger partial charge in [-0.25, -0.2) is 0 Å². The van der Waals surface area contributed by atoms with Gasteiger partial charge in [-0.15, -0.1) is 0 Å². The number of carboxylic acid groups (broad SMARTS) is 1. The van der Waals surface area contributed by atoms with Crippen molar-refractivity contribution in [2.45, 2.75) is 38.6 Å². The van der Waals surface area contributed by atoms with Gasteiger partial charge >= 0.3 is 5.97 Å². The van der Waals surface area contributed by atoms with E-state index < -0.39 is 17.9 Å². The lowest BCUT2D eigenvalue weighted by molar-refractivity contribution is -0.152. The second kappa shape index (κ2) is 6.48. The summed E-state index contributed by atoms with van der Waals surface area (Å²) in [5, 5.41) is 9.64. The van der Waals surface area contributed by atoms with E-state index in [0.29, 0.717) is 24.5 Å². The highest BCUT2D eigenvalue weighted by molar-refractivity contribution is 5.82. The molecule has 3 rings (SSSR count). The summed E-state index contributed by atoms with van der Waals surface area (Å²) < 4.78 is 10.9. The Morgan fingerprint density at radius 3 is 2.96 bits per heavy atom. The van der Waals surface area contributed by atoms with Crippen LogP contribution in [0.15, 0.2) is 18.2 Å². The van der Waals surface area contributed by atoms with Gasteiger partial charge in [-0.05, 0) is 18.9 Å². The molecule has 1 saturated heterocycles. The summed E-state index contributed by atoms with van der Waals surface area (Å²) in [7, 11) is 0. The van der Waals surface area contributed by atoms with Crippen LogP contribution in [-0.4, -0.2) is 35.2 Å². The van der Waals surface area contributed by atoms with E-state index in [2.05, 4.69) is 6.92 Å². The largest absolute Gasteiger partial charge is 0.481 e. The number of rotatable bonds is 5. The number of amides is 1. The lowest BCUT2D eigenvalue weighted by Gasteiger charge is -2.40. The molecule has 6 nitrogen and oxygen atoms in total. The standard InChI is InChI=1S/C17H21NO5/c1-2-3-9-18-14(19)8-7-12(17(20)21)15(18)11-5-4-6-13-16(11)23-10-22-13/h4-6,12,15H,2-3,7-10H2,1H3,(H,20,21)/t12-,15+/m0/s1. The normalized spacial score (nSPS) is 23.2. The number of carbonyl (C=O) groups is 2. The zero-order valence-corrected chi connectivity index (χ0v) is 13.2. The van der Waals surface area contributed by atoms with Gasteiger partial charge in [0.1, 0.15) is 0 Å². The number of benzene rings is 1. The van der Waals surface area contributed by atoms with E-state index in [1.165, 1.54) is 0 Å². The van der Waals surface area contributed by atoms with Crippen LogP contribution in [0.5, 0.6) is 11.5 Å². The molecule has 1 fully saturated rings. The Morgan fingerprint density at radius 1 is 1.39 bits per heavy atom. The van der Waals surface area contributed by atoms with Gasteiger partial charge in [0.2, 0.25) is 12.7 Å². The molecule has 1 aromatic carbocycles. The third-order valence-electron chi connectivity index (χ3n) is 4.52. The summed E-state index contributed by atoms with van der Waals surface area (Å²) in [6, 6.07) is 4.95. The van der Waals surface area contributed by atoms with Crippen LogP contribution in [-0.2, 0) is 9.59 Å². The molecule has 2 aliphatic heterocycles. The topological polar surface area (TPSA) is 76.1 Å². The maximum atomic E-state index is 12.4. The Balaban J connectivity index is 2.03. The Hall–Kier alpha value is -2.24. The van der Waals surface area contributed by atoms with E-state index in [1.807, 2.05) is 12.1 Å². The van der Waals surface area contributed by atoms with Crippen molar-refractivity contribution in [2.75, 3.05) is 13.3 Å². The molecule has 2 aliphatic rings. The Bertz CT molecular complexity index is 615. The predicted molar refractivity (Wildman–Crippen MR) is 82.3 cm³/mol. The van der Waals surface area contributed by atoms with E-state index in [4.69, 9.17) is 9.47 Å². The van der Waals surface area contributed by atoms with Crippen LogP contribution < -0.4 is 9.47 Å². The number of hydrogen-bond acceptors (Lipinski definition) is 4. The molecule has 0 aliphatic carbocycles. The fourth-order valence-corrected chi connectivity index (χ4v) is 3.37. The third kappa shape index (κ3) is 2.85. The first-order valence-corrected chi connectivity index (χ1v) is 8.04. The van der Waals surface area contributed by atoms with Crippen LogP contribution in [0.1, 0.15) is 44.2 Å². The molecular weight excluding hydrogens is 298 g/mol. The quantitative estimate of drug-likeness (QED) is 0.902. The molecule has 1 aromatic rings. The zero-order chi connectivity index (χ0) is 16.4. The van der Waals surface area contributed by atoms with Crippen LogP contribution >= 0.6 is 0 Å². The SMILES string of the molecule is CCCCN1C(=O)CC[C@H](C(=O)O)[C@H]1c1cccc2c1OCO2. The zero-order valence-electron chi connectivity index (χ0n) is 13.2. The molecule has 0 saturated carbocycles. The minimum Gasteiger partial charge on any atom is -0.481 e. The van der Waals surface area contributed by atoms with Gasteiger partial charge < -0.3 is 19.5 Å². The highest BCUT2D eigenvalue weighted by Crippen LogP contribution is 2.45. The number of fused-ring (bicyclic) bond motifs is 1. The molecule has 0 radical (unpaired) electrons. The van der Waals surface area contributed by atoms with E-state index in [-0.39, 0.29) is 19.1 Å². The summed E-state index contributed by atoms with van der Waals surface area (Å²) in [6.07, 6.45) is 2.43. The molecule has 0 bridgehead atoms. The maximum Gasteiger partial charge on any atom is 0.308 e. The number of carboxylic acids is 1. The van der Waals surface area contributed by atoms with E-state index in [9.17, 15) is 14.7 Å². The fraction of sp³-hybridized carbons (Fsp3) is 0.529.